The molecule has 0 spiro atoms. The fraction of sp³-hybridized carbons (Fsp3) is 0.963. The first-order valence-electron chi connectivity index (χ1n) is 13.7. The Kier molecular flexibility index (Phi) is 21.9. The Morgan fingerprint density at radius 1 is 0.581 bits per heavy atom. The molecule has 0 aliphatic heterocycles. The van der Waals surface area contributed by atoms with Gasteiger partial charge in [0.2, 0.25) is 5.52 Å². The maximum absolute atomic E-state index is 12.0. The van der Waals surface area contributed by atoms with Crippen LogP contribution in [0.25, 0.3) is 0 Å². The lowest BCUT2D eigenvalue weighted by Gasteiger charge is -2.23. The van der Waals surface area contributed by atoms with E-state index in [9.17, 15) is 9.69 Å². The molecule has 1 atom stereocenters. The highest BCUT2D eigenvalue weighted by molar-refractivity contribution is 7.69. The zero-order chi connectivity index (χ0) is 23.2. The van der Waals surface area contributed by atoms with E-state index in [0.717, 1.165) is 12.8 Å². The van der Waals surface area contributed by atoms with E-state index in [2.05, 4.69) is 6.92 Å². The molecular weight excluding hydrogens is 401 g/mol. The molecule has 0 saturated heterocycles. The van der Waals surface area contributed by atoms with Gasteiger partial charge in [-0.2, -0.15) is 0 Å². The highest BCUT2D eigenvalue weighted by Gasteiger charge is 2.21. The van der Waals surface area contributed by atoms with E-state index < -0.39 is 8.15 Å². The van der Waals surface area contributed by atoms with E-state index in [1.54, 1.807) is 0 Å². The lowest BCUT2D eigenvalue weighted by molar-refractivity contribution is -0.861. The summed E-state index contributed by atoms with van der Waals surface area (Å²) in [5.41, 5.74) is 0.0558. The van der Waals surface area contributed by atoms with Crippen LogP contribution in [-0.4, -0.2) is 48.8 Å². The van der Waals surface area contributed by atoms with Crippen molar-refractivity contribution in [3.63, 3.8) is 0 Å². The van der Waals surface area contributed by atoms with Gasteiger partial charge < -0.3 is 9.38 Å². The summed E-state index contributed by atoms with van der Waals surface area (Å²) >= 11 is 0. The van der Waals surface area contributed by atoms with Crippen LogP contribution in [0, 0.1) is 0 Å². The topological polar surface area (TPSA) is 37.3 Å². The molecule has 0 aliphatic carbocycles. The van der Waals surface area contributed by atoms with Crippen LogP contribution < -0.4 is 0 Å². The summed E-state index contributed by atoms with van der Waals surface area (Å²) in [6, 6.07) is 0. The molecule has 0 amide bonds. The highest BCUT2D eigenvalue weighted by atomic mass is 31.1. The largest absolute Gasteiger partial charge is 0.366 e. The molecule has 0 fully saturated rings. The van der Waals surface area contributed by atoms with Crippen LogP contribution >= 0.6 is 8.15 Å². The average molecular weight is 459 g/mol. The van der Waals surface area contributed by atoms with Crippen molar-refractivity contribution >= 4 is 13.7 Å². The van der Waals surface area contributed by atoms with Crippen molar-refractivity contribution < 1.29 is 14.2 Å². The van der Waals surface area contributed by atoms with Crippen LogP contribution in [0.1, 0.15) is 135 Å². The van der Waals surface area contributed by atoms with Gasteiger partial charge in [0.05, 0.1) is 21.1 Å². The molecule has 0 bridgehead atoms. The second-order valence-corrected chi connectivity index (χ2v) is 12.4. The van der Waals surface area contributed by atoms with E-state index in [4.69, 9.17) is 0 Å². The Labute approximate surface area is 197 Å². The second kappa shape index (κ2) is 21.8. The molecule has 0 heterocycles. The van der Waals surface area contributed by atoms with Crippen molar-refractivity contribution in [1.82, 2.24) is 0 Å². The smallest absolute Gasteiger partial charge is 0.234 e. The minimum atomic E-state index is -1.41. The van der Waals surface area contributed by atoms with E-state index in [0.29, 0.717) is 17.2 Å². The summed E-state index contributed by atoms with van der Waals surface area (Å²) in [7, 11) is 4.59. The van der Waals surface area contributed by atoms with Crippen LogP contribution in [0.3, 0.4) is 0 Å². The molecular formula is C27H57NO2P+. The van der Waals surface area contributed by atoms with Gasteiger partial charge in [-0.1, -0.05) is 129 Å². The molecule has 0 radical (unpaired) electrons. The predicted octanol–water partition coefficient (Wildman–Crippen LogP) is 8.43. The predicted molar refractivity (Wildman–Crippen MR) is 140 cm³/mol. The summed E-state index contributed by atoms with van der Waals surface area (Å²) < 4.78 is 0.609. The number of hydrogen-bond acceptors (Lipinski definition) is 2. The molecule has 0 rings (SSSR count). The van der Waals surface area contributed by atoms with Crippen LogP contribution in [-0.2, 0) is 4.79 Å². The molecule has 0 saturated carbocycles. The standard InChI is InChI=1S/C27H57NO2P/c1-5-6-7-8-9-10-11-12-13-14-15-16-17-18-19-20-21-22-23-24-25-31(30)27(29)26-28(2,3)4/h30H,5-26H2,1-4H3/q+1. The molecule has 0 aromatic heterocycles. The summed E-state index contributed by atoms with van der Waals surface area (Å²) in [6.45, 7) is 2.74. The van der Waals surface area contributed by atoms with Crippen molar-refractivity contribution in [3.05, 3.63) is 0 Å². The third kappa shape index (κ3) is 24.5. The Hall–Kier alpha value is 0.0200. The lowest BCUT2D eigenvalue weighted by atomic mass is 10.0. The van der Waals surface area contributed by atoms with Gasteiger partial charge in [0.25, 0.3) is 0 Å². The van der Waals surface area contributed by atoms with Gasteiger partial charge in [-0.05, 0) is 12.6 Å². The third-order valence-electron chi connectivity index (χ3n) is 6.12. The molecule has 0 aliphatic rings. The minimum Gasteiger partial charge on any atom is -0.366 e. The quantitative estimate of drug-likeness (QED) is 0.0895. The molecule has 0 aromatic carbocycles. The SMILES string of the molecule is CCCCCCCCCCCCCCCCCCCCCCP(O)C(=O)C[N+](C)(C)C. The van der Waals surface area contributed by atoms with Crippen LogP contribution in [0.15, 0.2) is 0 Å². The van der Waals surface area contributed by atoms with Crippen LogP contribution in [0.5, 0.6) is 0 Å². The Balaban J connectivity index is 3.21. The van der Waals surface area contributed by atoms with E-state index in [1.807, 2.05) is 21.1 Å². The van der Waals surface area contributed by atoms with Gasteiger partial charge in [0.15, 0.2) is 0 Å². The van der Waals surface area contributed by atoms with Gasteiger partial charge >= 0.3 is 0 Å². The zero-order valence-corrected chi connectivity index (χ0v) is 22.7. The van der Waals surface area contributed by atoms with Gasteiger partial charge in [-0.3, -0.25) is 4.79 Å². The second-order valence-electron chi connectivity index (χ2n) is 10.7. The molecule has 31 heavy (non-hydrogen) atoms. The summed E-state index contributed by atoms with van der Waals surface area (Å²) in [5, 5.41) is 0. The first-order chi connectivity index (χ1) is 14.9. The Bertz CT molecular complexity index is 395. The number of nitrogens with zero attached hydrogens (tertiary/aromatic N) is 1. The Morgan fingerprint density at radius 3 is 1.16 bits per heavy atom. The highest BCUT2D eigenvalue weighted by Crippen LogP contribution is 2.33. The van der Waals surface area contributed by atoms with Crippen LogP contribution in [0.4, 0.5) is 0 Å². The van der Waals surface area contributed by atoms with Gasteiger partial charge in [0.1, 0.15) is 14.7 Å². The van der Waals surface area contributed by atoms with Crippen LogP contribution in [0.2, 0.25) is 0 Å². The van der Waals surface area contributed by atoms with Crippen molar-refractivity contribution in [3.8, 4) is 0 Å². The first kappa shape index (κ1) is 31.0. The van der Waals surface area contributed by atoms with Crippen molar-refractivity contribution in [2.45, 2.75) is 135 Å². The first-order valence-corrected chi connectivity index (χ1v) is 15.1. The van der Waals surface area contributed by atoms with Gasteiger partial charge in [-0.25, -0.2) is 0 Å². The molecule has 3 nitrogen and oxygen atoms in total. The number of carbonyl (C=O) groups is 1. The minimum absolute atomic E-state index is 0.0558. The normalized spacial score (nSPS) is 12.9. The number of quaternary nitrogens is 1. The molecule has 0 aromatic rings. The number of hydrogen-bond donors (Lipinski definition) is 1. The van der Waals surface area contributed by atoms with Crippen molar-refractivity contribution in [2.75, 3.05) is 33.8 Å². The maximum atomic E-state index is 12.0. The maximum Gasteiger partial charge on any atom is 0.234 e. The number of carbonyl (C=O) groups excluding carboxylic acids is 1. The van der Waals surface area contributed by atoms with E-state index in [-0.39, 0.29) is 5.52 Å². The molecule has 1 unspecified atom stereocenters. The van der Waals surface area contributed by atoms with Gasteiger partial charge in [-0.15, -0.1) is 0 Å². The fourth-order valence-electron chi connectivity index (χ4n) is 4.13. The zero-order valence-electron chi connectivity index (χ0n) is 21.8. The van der Waals surface area contributed by atoms with Crippen molar-refractivity contribution in [2.24, 2.45) is 0 Å². The average Bonchev–Trinajstić information content (AvgIpc) is 2.71. The summed E-state index contributed by atoms with van der Waals surface area (Å²) in [6.07, 6.45) is 28.3. The molecule has 4 heteroatoms. The van der Waals surface area contributed by atoms with Crippen molar-refractivity contribution in [1.29, 1.82) is 0 Å². The summed E-state index contributed by atoms with van der Waals surface area (Å²) in [4.78, 5) is 22.0. The summed E-state index contributed by atoms with van der Waals surface area (Å²) in [5.74, 6) is 0. The number of likely N-dealkylation sites (N-methyl/N-ethyl adjacent to an activating group) is 1. The van der Waals surface area contributed by atoms with E-state index >= 15 is 0 Å². The molecule has 186 valence electrons. The number of unbranched alkanes of at least 4 members (excludes halogenated alkanes) is 19. The number of rotatable bonds is 24. The fourth-order valence-corrected chi connectivity index (χ4v) is 5.49. The third-order valence-corrected chi connectivity index (χ3v) is 7.58. The Morgan fingerprint density at radius 2 is 0.871 bits per heavy atom. The van der Waals surface area contributed by atoms with Gasteiger partial charge in [0, 0.05) is 0 Å². The monoisotopic (exact) mass is 458 g/mol. The van der Waals surface area contributed by atoms with E-state index in [1.165, 1.54) is 116 Å². The molecule has 1 N–H and O–H groups in total. The lowest BCUT2D eigenvalue weighted by Crippen LogP contribution is -2.39.